The first-order chi connectivity index (χ1) is 13.4. The second-order valence-corrected chi connectivity index (χ2v) is 8.41. The molecule has 0 saturated carbocycles. The molecule has 5 nitrogen and oxygen atoms in total. The molecule has 0 heterocycles. The van der Waals surface area contributed by atoms with E-state index >= 15 is 0 Å². The molecule has 0 radical (unpaired) electrons. The molecule has 0 aliphatic carbocycles. The van der Waals surface area contributed by atoms with Crippen molar-refractivity contribution < 1.29 is 17.9 Å². The SMILES string of the molecule is COc1ccc(S(=O)(=O)N(C)c2ccc(OCc3ccccc3)cc2)cc1Cl. The average molecular weight is 418 g/mol. The van der Waals surface area contributed by atoms with E-state index in [1.165, 1.54) is 36.7 Å². The minimum Gasteiger partial charge on any atom is -0.495 e. The van der Waals surface area contributed by atoms with Crippen molar-refractivity contribution in [2.45, 2.75) is 11.5 Å². The van der Waals surface area contributed by atoms with Crippen LogP contribution in [0.25, 0.3) is 0 Å². The molecule has 0 unspecified atom stereocenters. The molecule has 0 amide bonds. The van der Waals surface area contributed by atoms with Gasteiger partial charge in [0.15, 0.2) is 0 Å². The van der Waals surface area contributed by atoms with Gasteiger partial charge in [-0.05, 0) is 48.0 Å². The van der Waals surface area contributed by atoms with Gasteiger partial charge in [0.2, 0.25) is 0 Å². The molecule has 0 bridgehead atoms. The molecule has 3 aromatic carbocycles. The number of anilines is 1. The summed E-state index contributed by atoms with van der Waals surface area (Å²) in [6.45, 7) is 0.443. The van der Waals surface area contributed by atoms with Crippen molar-refractivity contribution in [2.24, 2.45) is 0 Å². The van der Waals surface area contributed by atoms with Gasteiger partial charge in [0, 0.05) is 7.05 Å². The minimum atomic E-state index is -3.76. The van der Waals surface area contributed by atoms with Gasteiger partial charge >= 0.3 is 0 Å². The van der Waals surface area contributed by atoms with Gasteiger partial charge in [-0.25, -0.2) is 8.42 Å². The van der Waals surface area contributed by atoms with E-state index in [-0.39, 0.29) is 9.92 Å². The van der Waals surface area contributed by atoms with Gasteiger partial charge in [-0.15, -0.1) is 0 Å². The van der Waals surface area contributed by atoms with Crippen LogP contribution in [0, 0.1) is 0 Å². The van der Waals surface area contributed by atoms with Gasteiger partial charge < -0.3 is 9.47 Å². The van der Waals surface area contributed by atoms with E-state index in [4.69, 9.17) is 21.1 Å². The Kier molecular flexibility index (Phi) is 6.11. The maximum Gasteiger partial charge on any atom is 0.264 e. The molecule has 146 valence electrons. The van der Waals surface area contributed by atoms with Crippen LogP contribution in [0.1, 0.15) is 5.56 Å². The highest BCUT2D eigenvalue weighted by molar-refractivity contribution is 7.92. The standard InChI is InChI=1S/C21H20ClNO4S/c1-23(28(24,25)19-12-13-21(26-2)20(22)14-19)17-8-10-18(11-9-17)27-15-16-6-4-3-5-7-16/h3-14H,15H2,1-2H3. The van der Waals surface area contributed by atoms with Crippen LogP contribution in [0.3, 0.4) is 0 Å². The van der Waals surface area contributed by atoms with Crippen molar-refractivity contribution in [3.8, 4) is 11.5 Å². The molecule has 3 rings (SSSR count). The van der Waals surface area contributed by atoms with Gasteiger partial charge in [-0.1, -0.05) is 41.9 Å². The van der Waals surface area contributed by atoms with Crippen molar-refractivity contribution in [2.75, 3.05) is 18.5 Å². The van der Waals surface area contributed by atoms with E-state index in [2.05, 4.69) is 0 Å². The van der Waals surface area contributed by atoms with Gasteiger partial charge in [0.1, 0.15) is 18.1 Å². The quantitative estimate of drug-likeness (QED) is 0.556. The Balaban J connectivity index is 1.74. The molecule has 0 aliphatic heterocycles. The zero-order valence-electron chi connectivity index (χ0n) is 15.5. The van der Waals surface area contributed by atoms with Crippen molar-refractivity contribution >= 4 is 27.3 Å². The highest BCUT2D eigenvalue weighted by Gasteiger charge is 2.22. The molecule has 3 aromatic rings. The number of benzene rings is 3. The molecule has 0 aliphatic rings. The van der Waals surface area contributed by atoms with E-state index in [9.17, 15) is 8.42 Å². The fourth-order valence-corrected chi connectivity index (χ4v) is 4.14. The molecular weight excluding hydrogens is 398 g/mol. The summed E-state index contributed by atoms with van der Waals surface area (Å²) in [4.78, 5) is 0.0882. The lowest BCUT2D eigenvalue weighted by Crippen LogP contribution is -2.26. The number of halogens is 1. The summed E-state index contributed by atoms with van der Waals surface area (Å²) in [5.41, 5.74) is 1.57. The van der Waals surface area contributed by atoms with E-state index in [0.29, 0.717) is 23.8 Å². The maximum absolute atomic E-state index is 12.9. The Morgan fingerprint density at radius 3 is 2.25 bits per heavy atom. The Labute approximate surface area is 170 Å². The first-order valence-corrected chi connectivity index (χ1v) is 10.3. The van der Waals surface area contributed by atoms with Crippen LogP contribution in [-0.2, 0) is 16.6 Å². The van der Waals surface area contributed by atoms with Gasteiger partial charge in [0.25, 0.3) is 10.0 Å². The van der Waals surface area contributed by atoms with E-state index < -0.39 is 10.0 Å². The molecule has 0 aromatic heterocycles. The third-order valence-electron chi connectivity index (χ3n) is 4.23. The van der Waals surface area contributed by atoms with Crippen molar-refractivity contribution in [1.29, 1.82) is 0 Å². The fraction of sp³-hybridized carbons (Fsp3) is 0.143. The van der Waals surface area contributed by atoms with Crippen LogP contribution in [0.5, 0.6) is 11.5 Å². The van der Waals surface area contributed by atoms with Crippen LogP contribution in [-0.4, -0.2) is 22.6 Å². The molecule has 0 fully saturated rings. The third kappa shape index (κ3) is 4.40. The highest BCUT2D eigenvalue weighted by atomic mass is 35.5. The van der Waals surface area contributed by atoms with E-state index in [1.807, 2.05) is 30.3 Å². The van der Waals surface area contributed by atoms with Gasteiger partial charge in [-0.2, -0.15) is 0 Å². The Hall–Kier alpha value is -2.70. The number of sulfonamides is 1. The molecular formula is C21H20ClNO4S. The molecule has 7 heteroatoms. The summed E-state index contributed by atoms with van der Waals surface area (Å²) in [6, 6.07) is 21.1. The number of nitrogens with zero attached hydrogens (tertiary/aromatic N) is 1. The highest BCUT2D eigenvalue weighted by Crippen LogP contribution is 2.30. The summed E-state index contributed by atoms with van der Waals surface area (Å²) >= 11 is 6.07. The third-order valence-corrected chi connectivity index (χ3v) is 6.31. The number of rotatable bonds is 7. The second-order valence-electron chi connectivity index (χ2n) is 6.04. The lowest BCUT2D eigenvalue weighted by molar-refractivity contribution is 0.306. The summed E-state index contributed by atoms with van der Waals surface area (Å²) in [6.07, 6.45) is 0. The van der Waals surface area contributed by atoms with Crippen molar-refractivity contribution in [1.82, 2.24) is 0 Å². The largest absolute Gasteiger partial charge is 0.495 e. The molecule has 0 spiro atoms. The minimum absolute atomic E-state index is 0.0882. The Morgan fingerprint density at radius 1 is 0.964 bits per heavy atom. The van der Waals surface area contributed by atoms with E-state index in [1.54, 1.807) is 24.3 Å². The lowest BCUT2D eigenvalue weighted by atomic mass is 10.2. The number of hydrogen-bond donors (Lipinski definition) is 0. The summed E-state index contributed by atoms with van der Waals surface area (Å²) < 4.78 is 37.8. The van der Waals surface area contributed by atoms with Crippen LogP contribution in [0.2, 0.25) is 5.02 Å². The van der Waals surface area contributed by atoms with Crippen molar-refractivity contribution in [3.63, 3.8) is 0 Å². The van der Waals surface area contributed by atoms with Gasteiger partial charge in [-0.3, -0.25) is 4.31 Å². The summed E-state index contributed by atoms with van der Waals surface area (Å²) in [5.74, 6) is 1.08. The predicted molar refractivity (Wildman–Crippen MR) is 111 cm³/mol. The molecule has 0 atom stereocenters. The van der Waals surface area contributed by atoms with Crippen LogP contribution in [0.15, 0.2) is 77.7 Å². The number of ether oxygens (including phenoxy) is 2. The Bertz CT molecular complexity index is 1040. The zero-order valence-corrected chi connectivity index (χ0v) is 17.1. The monoisotopic (exact) mass is 417 g/mol. The first-order valence-electron chi connectivity index (χ1n) is 8.51. The zero-order chi connectivity index (χ0) is 20.1. The average Bonchev–Trinajstić information content (AvgIpc) is 2.72. The van der Waals surface area contributed by atoms with E-state index in [0.717, 1.165) is 5.56 Å². The van der Waals surface area contributed by atoms with Crippen LogP contribution in [0.4, 0.5) is 5.69 Å². The first kappa shape index (κ1) is 20.0. The Morgan fingerprint density at radius 2 is 1.64 bits per heavy atom. The number of methoxy groups -OCH3 is 1. The summed E-state index contributed by atoms with van der Waals surface area (Å²) in [5, 5.41) is 0.238. The summed E-state index contributed by atoms with van der Waals surface area (Å²) in [7, 11) is -0.787. The fourth-order valence-electron chi connectivity index (χ4n) is 2.60. The van der Waals surface area contributed by atoms with Crippen LogP contribution < -0.4 is 13.8 Å². The molecule has 0 N–H and O–H groups in total. The topological polar surface area (TPSA) is 55.8 Å². The molecule has 0 saturated heterocycles. The smallest absolute Gasteiger partial charge is 0.264 e. The van der Waals surface area contributed by atoms with Crippen LogP contribution >= 0.6 is 11.6 Å². The van der Waals surface area contributed by atoms with Gasteiger partial charge in [0.05, 0.1) is 22.7 Å². The normalized spacial score (nSPS) is 11.1. The predicted octanol–water partition coefficient (Wildman–Crippen LogP) is 4.75. The maximum atomic E-state index is 12.9. The lowest BCUT2D eigenvalue weighted by Gasteiger charge is -2.20. The van der Waals surface area contributed by atoms with Crippen molar-refractivity contribution in [3.05, 3.63) is 83.4 Å². The number of hydrogen-bond acceptors (Lipinski definition) is 4. The molecule has 28 heavy (non-hydrogen) atoms. The second kappa shape index (κ2) is 8.54.